The number of hydrogen-bond donors (Lipinski definition) is 1. The van der Waals surface area contributed by atoms with Gasteiger partial charge in [0.1, 0.15) is 23.9 Å². The van der Waals surface area contributed by atoms with Gasteiger partial charge < -0.3 is 14.6 Å². The molecule has 7 nitrogen and oxygen atoms in total. The number of ether oxygens (including phenoxy) is 2. The minimum absolute atomic E-state index is 0.00155. The van der Waals surface area contributed by atoms with Crippen LogP contribution in [0.15, 0.2) is 103 Å². The van der Waals surface area contributed by atoms with Crippen molar-refractivity contribution >= 4 is 44.1 Å². The number of thiazole rings is 1. The van der Waals surface area contributed by atoms with Crippen molar-refractivity contribution in [2.24, 2.45) is 0 Å². The van der Waals surface area contributed by atoms with Crippen LogP contribution in [0.2, 0.25) is 0 Å². The third-order valence-electron chi connectivity index (χ3n) is 7.06. The Bertz CT molecular complexity index is 1810. The molecule has 6 rings (SSSR count). The average molecular weight is 577 g/mol. The molecule has 1 aliphatic heterocycles. The van der Waals surface area contributed by atoms with E-state index in [-0.39, 0.29) is 11.3 Å². The number of amides is 1. The van der Waals surface area contributed by atoms with E-state index in [2.05, 4.69) is 0 Å². The maximum absolute atomic E-state index is 13.7. The van der Waals surface area contributed by atoms with Crippen LogP contribution in [0.1, 0.15) is 35.2 Å². The molecule has 1 aliphatic rings. The number of nitrogens with zero attached hydrogens (tertiary/aromatic N) is 2. The summed E-state index contributed by atoms with van der Waals surface area (Å²) in [6, 6.07) is 28.8. The average Bonchev–Trinajstić information content (AvgIpc) is 3.54. The third-order valence-corrected chi connectivity index (χ3v) is 8.07. The molecule has 42 heavy (non-hydrogen) atoms. The van der Waals surface area contributed by atoms with E-state index in [9.17, 15) is 14.7 Å². The number of anilines is 1. The first-order valence-electron chi connectivity index (χ1n) is 13.6. The number of carbonyl (C=O) groups excluding carboxylic acids is 2. The van der Waals surface area contributed by atoms with Gasteiger partial charge in [0.15, 0.2) is 5.13 Å². The Hall–Kier alpha value is -4.95. The summed E-state index contributed by atoms with van der Waals surface area (Å²) >= 11 is 1.29. The largest absolute Gasteiger partial charge is 0.507 e. The molecule has 0 radical (unpaired) electrons. The first kappa shape index (κ1) is 27.2. The maximum atomic E-state index is 13.7. The van der Waals surface area contributed by atoms with Crippen molar-refractivity contribution in [2.75, 3.05) is 11.5 Å². The summed E-state index contributed by atoms with van der Waals surface area (Å²) in [6.07, 6.45) is 0. The second-order valence-corrected chi connectivity index (χ2v) is 10.9. The molecule has 2 heterocycles. The molecule has 1 N–H and O–H groups in total. The van der Waals surface area contributed by atoms with Gasteiger partial charge in [0, 0.05) is 5.56 Å². The van der Waals surface area contributed by atoms with E-state index in [1.165, 1.54) is 16.2 Å². The monoisotopic (exact) mass is 576 g/mol. The number of aryl methyl sites for hydroxylation is 1. The molecule has 1 atom stereocenters. The van der Waals surface area contributed by atoms with Gasteiger partial charge in [-0.2, -0.15) is 0 Å². The fourth-order valence-corrected chi connectivity index (χ4v) is 6.00. The molecule has 0 aliphatic carbocycles. The van der Waals surface area contributed by atoms with Crippen LogP contribution in [-0.4, -0.2) is 28.4 Å². The van der Waals surface area contributed by atoms with Crippen molar-refractivity contribution in [1.82, 2.24) is 4.98 Å². The molecule has 4 aromatic carbocycles. The molecule has 0 saturated carbocycles. The van der Waals surface area contributed by atoms with E-state index >= 15 is 0 Å². The highest BCUT2D eigenvalue weighted by atomic mass is 32.1. The highest BCUT2D eigenvalue weighted by Crippen LogP contribution is 2.45. The highest BCUT2D eigenvalue weighted by molar-refractivity contribution is 7.22. The molecule has 1 aromatic heterocycles. The molecule has 0 spiro atoms. The molecule has 1 amide bonds. The zero-order chi connectivity index (χ0) is 29.2. The normalized spacial score (nSPS) is 16.2. The second-order valence-electron chi connectivity index (χ2n) is 9.94. The quantitative estimate of drug-likeness (QED) is 0.119. The van der Waals surface area contributed by atoms with Crippen LogP contribution in [-0.2, 0) is 16.2 Å². The van der Waals surface area contributed by atoms with Gasteiger partial charge in [0.2, 0.25) is 0 Å². The van der Waals surface area contributed by atoms with Crippen LogP contribution in [0, 0.1) is 6.92 Å². The minimum Gasteiger partial charge on any atom is -0.507 e. The Balaban J connectivity index is 1.46. The van der Waals surface area contributed by atoms with Gasteiger partial charge in [0.25, 0.3) is 5.78 Å². The SMILES string of the molecule is CCOc1ccc2nc(N3C(=O)C(=O)/C(=C(/O)c4ccc(C)cc4)C3c3cccc(OCc4ccccc4)c3)sc2c1. The smallest absolute Gasteiger partial charge is 0.301 e. The second kappa shape index (κ2) is 11.5. The molecular weight excluding hydrogens is 548 g/mol. The van der Waals surface area contributed by atoms with Crippen LogP contribution in [0.4, 0.5) is 5.13 Å². The van der Waals surface area contributed by atoms with Crippen molar-refractivity contribution in [3.05, 3.63) is 125 Å². The number of aromatic nitrogens is 1. The topological polar surface area (TPSA) is 89.0 Å². The van der Waals surface area contributed by atoms with Crippen molar-refractivity contribution < 1.29 is 24.2 Å². The van der Waals surface area contributed by atoms with Gasteiger partial charge in [-0.25, -0.2) is 4.98 Å². The summed E-state index contributed by atoms with van der Waals surface area (Å²) in [7, 11) is 0. The fraction of sp³-hybridized carbons (Fsp3) is 0.147. The third kappa shape index (κ3) is 5.24. The van der Waals surface area contributed by atoms with Crippen molar-refractivity contribution in [2.45, 2.75) is 26.5 Å². The first-order valence-corrected chi connectivity index (χ1v) is 14.4. The Morgan fingerprint density at radius 3 is 2.43 bits per heavy atom. The standard InChI is InChI=1S/C34H28N2O5S/c1-3-40-26-16-17-27-28(19-26)42-34(35-27)36-30(24-10-7-11-25(18-24)41-20-22-8-5-4-6-9-22)29(32(38)33(36)39)31(37)23-14-12-21(2)13-15-23/h4-19,30,37H,3,20H2,1-2H3/b31-29+. The Labute approximate surface area is 247 Å². The number of ketones is 1. The lowest BCUT2D eigenvalue weighted by atomic mass is 9.95. The van der Waals surface area contributed by atoms with E-state index < -0.39 is 17.7 Å². The number of rotatable bonds is 8. The summed E-state index contributed by atoms with van der Waals surface area (Å²) in [6.45, 7) is 4.72. The molecular formula is C34H28N2O5S. The summed E-state index contributed by atoms with van der Waals surface area (Å²) < 4.78 is 12.5. The first-order chi connectivity index (χ1) is 20.4. The lowest BCUT2D eigenvalue weighted by molar-refractivity contribution is -0.132. The predicted molar refractivity (Wildman–Crippen MR) is 164 cm³/mol. The summed E-state index contributed by atoms with van der Waals surface area (Å²) in [5.41, 5.74) is 3.76. The van der Waals surface area contributed by atoms with Crippen LogP contribution >= 0.6 is 11.3 Å². The number of aliphatic hydroxyl groups is 1. The number of Topliss-reactive ketones (excluding diaryl/α,β-unsaturated/α-hetero) is 1. The van der Waals surface area contributed by atoms with Gasteiger partial charge in [-0.15, -0.1) is 0 Å². The van der Waals surface area contributed by atoms with E-state index in [0.29, 0.717) is 46.5 Å². The summed E-state index contributed by atoms with van der Waals surface area (Å²) in [5, 5.41) is 11.8. The Morgan fingerprint density at radius 2 is 1.67 bits per heavy atom. The van der Waals surface area contributed by atoms with E-state index in [0.717, 1.165) is 15.8 Å². The van der Waals surface area contributed by atoms with E-state index in [1.54, 1.807) is 18.2 Å². The molecule has 0 bridgehead atoms. The van der Waals surface area contributed by atoms with Gasteiger partial charge in [-0.05, 0) is 55.3 Å². The molecule has 1 unspecified atom stereocenters. The fourth-order valence-electron chi connectivity index (χ4n) is 4.98. The van der Waals surface area contributed by atoms with E-state index in [1.807, 2.05) is 92.7 Å². The van der Waals surface area contributed by atoms with Crippen LogP contribution < -0.4 is 14.4 Å². The number of aliphatic hydroxyl groups excluding tert-OH is 1. The summed E-state index contributed by atoms with van der Waals surface area (Å²) in [5.74, 6) is -0.503. The van der Waals surface area contributed by atoms with Crippen molar-refractivity contribution in [3.63, 3.8) is 0 Å². The number of carbonyl (C=O) groups is 2. The minimum atomic E-state index is -0.918. The van der Waals surface area contributed by atoms with Gasteiger partial charge >= 0.3 is 5.91 Å². The molecule has 8 heteroatoms. The Morgan fingerprint density at radius 1 is 0.905 bits per heavy atom. The number of benzene rings is 4. The summed E-state index contributed by atoms with van der Waals surface area (Å²) in [4.78, 5) is 33.4. The molecule has 5 aromatic rings. The highest BCUT2D eigenvalue weighted by Gasteiger charge is 2.48. The van der Waals surface area contributed by atoms with Crippen molar-refractivity contribution in [3.8, 4) is 11.5 Å². The van der Waals surface area contributed by atoms with E-state index in [4.69, 9.17) is 14.5 Å². The Kier molecular flexibility index (Phi) is 7.46. The number of fused-ring (bicyclic) bond motifs is 1. The predicted octanol–water partition coefficient (Wildman–Crippen LogP) is 7.21. The molecule has 210 valence electrons. The number of hydrogen-bond acceptors (Lipinski definition) is 7. The molecule has 1 saturated heterocycles. The zero-order valence-corrected chi connectivity index (χ0v) is 23.9. The van der Waals surface area contributed by atoms with Gasteiger partial charge in [-0.3, -0.25) is 14.5 Å². The van der Waals surface area contributed by atoms with Crippen LogP contribution in [0.5, 0.6) is 11.5 Å². The molecule has 1 fully saturated rings. The maximum Gasteiger partial charge on any atom is 0.301 e. The zero-order valence-electron chi connectivity index (χ0n) is 23.1. The van der Waals surface area contributed by atoms with Crippen LogP contribution in [0.25, 0.3) is 16.0 Å². The lowest BCUT2D eigenvalue weighted by Crippen LogP contribution is -2.29. The van der Waals surface area contributed by atoms with Crippen LogP contribution in [0.3, 0.4) is 0 Å². The lowest BCUT2D eigenvalue weighted by Gasteiger charge is -2.23. The van der Waals surface area contributed by atoms with Crippen molar-refractivity contribution in [1.29, 1.82) is 0 Å². The van der Waals surface area contributed by atoms with Gasteiger partial charge in [0.05, 0.1) is 28.4 Å². The van der Waals surface area contributed by atoms with Gasteiger partial charge in [-0.1, -0.05) is 83.6 Å².